The number of likely N-dealkylation sites (N-methyl/N-ethyl adjacent to an activating group) is 1. The average Bonchev–Trinajstić information content (AvgIpc) is 2.79. The van der Waals surface area contributed by atoms with E-state index in [4.69, 9.17) is 16.3 Å². The zero-order chi connectivity index (χ0) is 22.4. The minimum absolute atomic E-state index is 0.148. The van der Waals surface area contributed by atoms with Crippen LogP contribution in [0.25, 0.3) is 0 Å². The molecule has 0 aromatic heterocycles. The molecule has 0 unspecified atom stereocenters. The summed E-state index contributed by atoms with van der Waals surface area (Å²) in [4.78, 5) is 27.1. The van der Waals surface area contributed by atoms with E-state index in [-0.39, 0.29) is 36.5 Å². The van der Waals surface area contributed by atoms with Crippen LogP contribution in [0.3, 0.4) is 0 Å². The number of carbonyl (C=O) groups excluding carboxylic acids is 2. The first-order chi connectivity index (χ1) is 14.8. The summed E-state index contributed by atoms with van der Waals surface area (Å²) in [5.41, 5.74) is 0. The fourth-order valence-corrected chi connectivity index (χ4v) is 6.05. The molecule has 1 aliphatic carbocycles. The monoisotopic (exact) mass is 470 g/mol. The van der Waals surface area contributed by atoms with Crippen molar-refractivity contribution in [3.05, 3.63) is 29.3 Å². The predicted octanol–water partition coefficient (Wildman–Crippen LogP) is 3.47. The molecule has 1 saturated heterocycles. The summed E-state index contributed by atoms with van der Waals surface area (Å²) in [7, 11) is -3.62. The summed E-state index contributed by atoms with van der Waals surface area (Å²) in [6.45, 7) is 2.79. The quantitative estimate of drug-likeness (QED) is 0.570. The first-order valence-electron chi connectivity index (χ1n) is 11.0. The second-order valence-corrected chi connectivity index (χ2v) is 10.6. The molecule has 2 fully saturated rings. The van der Waals surface area contributed by atoms with E-state index < -0.39 is 21.9 Å². The highest BCUT2D eigenvalue weighted by Gasteiger charge is 2.33. The van der Waals surface area contributed by atoms with Crippen molar-refractivity contribution in [1.29, 1.82) is 0 Å². The van der Waals surface area contributed by atoms with Gasteiger partial charge in [-0.25, -0.2) is 8.42 Å². The number of benzene rings is 1. The van der Waals surface area contributed by atoms with Gasteiger partial charge in [0.2, 0.25) is 10.0 Å². The fourth-order valence-electron chi connectivity index (χ4n) is 4.45. The van der Waals surface area contributed by atoms with Gasteiger partial charge in [0, 0.05) is 30.7 Å². The van der Waals surface area contributed by atoms with E-state index in [1.165, 1.54) is 22.9 Å². The van der Waals surface area contributed by atoms with Crippen molar-refractivity contribution in [2.24, 2.45) is 5.92 Å². The summed E-state index contributed by atoms with van der Waals surface area (Å²) >= 11 is 5.84. The Labute approximate surface area is 189 Å². The zero-order valence-electron chi connectivity index (χ0n) is 18.0. The number of esters is 1. The van der Waals surface area contributed by atoms with E-state index in [0.29, 0.717) is 24.4 Å². The molecule has 1 heterocycles. The summed E-state index contributed by atoms with van der Waals surface area (Å²) in [6.07, 6.45) is 6.24. The first-order valence-corrected chi connectivity index (χ1v) is 12.9. The van der Waals surface area contributed by atoms with Crippen molar-refractivity contribution in [3.63, 3.8) is 0 Å². The number of sulfonamides is 1. The number of ether oxygens (including phenoxy) is 1. The van der Waals surface area contributed by atoms with Crippen LogP contribution in [0.2, 0.25) is 5.02 Å². The highest BCUT2D eigenvalue weighted by atomic mass is 35.5. The van der Waals surface area contributed by atoms with Gasteiger partial charge in [0.1, 0.15) is 0 Å². The highest BCUT2D eigenvalue weighted by Crippen LogP contribution is 2.26. The van der Waals surface area contributed by atoms with Gasteiger partial charge in [0.15, 0.2) is 6.61 Å². The molecule has 0 bridgehead atoms. The summed E-state index contributed by atoms with van der Waals surface area (Å²) in [5.74, 6) is -0.962. The molecular formula is C22H31ClN2O5S. The van der Waals surface area contributed by atoms with E-state index in [9.17, 15) is 18.0 Å². The second-order valence-electron chi connectivity index (χ2n) is 8.21. The van der Waals surface area contributed by atoms with Crippen LogP contribution in [0.4, 0.5) is 0 Å². The van der Waals surface area contributed by atoms with Crippen LogP contribution in [0.15, 0.2) is 29.2 Å². The Balaban J connectivity index is 1.48. The Morgan fingerprint density at radius 2 is 1.68 bits per heavy atom. The number of hydrogen-bond donors (Lipinski definition) is 0. The molecular weight excluding hydrogens is 440 g/mol. The lowest BCUT2D eigenvalue weighted by Gasteiger charge is -2.34. The van der Waals surface area contributed by atoms with Crippen LogP contribution in [-0.4, -0.2) is 61.8 Å². The summed E-state index contributed by atoms with van der Waals surface area (Å²) < 4.78 is 32.2. The summed E-state index contributed by atoms with van der Waals surface area (Å²) in [5, 5.41) is 0.472. The minimum atomic E-state index is -3.62. The molecule has 0 N–H and O–H groups in total. The van der Waals surface area contributed by atoms with Crippen molar-refractivity contribution in [3.8, 4) is 0 Å². The first kappa shape index (κ1) is 24.0. The lowest BCUT2D eigenvalue weighted by molar-refractivity contribution is -0.157. The van der Waals surface area contributed by atoms with Gasteiger partial charge in [0.25, 0.3) is 5.91 Å². The number of hydrogen-bond acceptors (Lipinski definition) is 5. The SMILES string of the molecule is CCN(C(=O)COC(=O)C1CCN(S(=O)(=O)c2ccc(Cl)cc2)CC1)C1CCCCC1. The molecule has 1 amide bonds. The topological polar surface area (TPSA) is 84.0 Å². The average molecular weight is 471 g/mol. The Bertz CT molecular complexity index is 860. The maximum absolute atomic E-state index is 12.8. The van der Waals surface area contributed by atoms with Crippen LogP contribution >= 0.6 is 11.6 Å². The van der Waals surface area contributed by atoms with E-state index in [0.717, 1.165) is 25.7 Å². The van der Waals surface area contributed by atoms with Crippen LogP contribution in [0.1, 0.15) is 51.9 Å². The molecule has 31 heavy (non-hydrogen) atoms. The molecule has 0 atom stereocenters. The normalized spacial score (nSPS) is 19.2. The van der Waals surface area contributed by atoms with E-state index in [1.807, 2.05) is 11.8 Å². The Hall–Kier alpha value is -1.64. The van der Waals surface area contributed by atoms with Crippen molar-refractivity contribution in [2.75, 3.05) is 26.2 Å². The Morgan fingerprint density at radius 3 is 2.26 bits per heavy atom. The van der Waals surface area contributed by atoms with Gasteiger partial charge >= 0.3 is 5.97 Å². The van der Waals surface area contributed by atoms with E-state index in [1.54, 1.807) is 12.1 Å². The molecule has 1 saturated carbocycles. The van der Waals surface area contributed by atoms with Gasteiger partial charge in [-0.1, -0.05) is 30.9 Å². The van der Waals surface area contributed by atoms with Gasteiger partial charge in [-0.3, -0.25) is 9.59 Å². The van der Waals surface area contributed by atoms with Crippen molar-refractivity contribution < 1.29 is 22.7 Å². The molecule has 9 heteroatoms. The van der Waals surface area contributed by atoms with E-state index in [2.05, 4.69) is 0 Å². The van der Waals surface area contributed by atoms with E-state index >= 15 is 0 Å². The van der Waals surface area contributed by atoms with Crippen LogP contribution < -0.4 is 0 Å². The Morgan fingerprint density at radius 1 is 1.06 bits per heavy atom. The smallest absolute Gasteiger partial charge is 0.309 e. The van der Waals surface area contributed by atoms with Crippen LogP contribution in [0, 0.1) is 5.92 Å². The third-order valence-corrected chi connectivity index (χ3v) is 8.42. The van der Waals surface area contributed by atoms with Gasteiger partial charge in [-0.2, -0.15) is 4.31 Å². The molecule has 172 valence electrons. The van der Waals surface area contributed by atoms with Crippen molar-refractivity contribution in [1.82, 2.24) is 9.21 Å². The molecule has 1 aromatic rings. The van der Waals surface area contributed by atoms with Gasteiger partial charge in [-0.05, 0) is 56.9 Å². The summed E-state index contributed by atoms with van der Waals surface area (Å²) in [6, 6.07) is 6.29. The lowest BCUT2D eigenvalue weighted by atomic mass is 9.94. The molecule has 0 spiro atoms. The molecule has 2 aliphatic rings. The number of carbonyl (C=O) groups is 2. The molecule has 3 rings (SSSR count). The predicted molar refractivity (Wildman–Crippen MR) is 118 cm³/mol. The zero-order valence-corrected chi connectivity index (χ0v) is 19.5. The fraction of sp³-hybridized carbons (Fsp3) is 0.636. The lowest BCUT2D eigenvalue weighted by Crippen LogP contribution is -2.44. The second kappa shape index (κ2) is 10.8. The van der Waals surface area contributed by atoms with Gasteiger partial charge < -0.3 is 9.64 Å². The third kappa shape index (κ3) is 5.99. The number of nitrogens with zero attached hydrogens (tertiary/aromatic N) is 2. The van der Waals surface area contributed by atoms with Gasteiger partial charge in [-0.15, -0.1) is 0 Å². The highest BCUT2D eigenvalue weighted by molar-refractivity contribution is 7.89. The minimum Gasteiger partial charge on any atom is -0.455 e. The number of amides is 1. The Kier molecular flexibility index (Phi) is 8.36. The van der Waals surface area contributed by atoms with Crippen LogP contribution in [-0.2, 0) is 24.3 Å². The number of rotatable bonds is 7. The van der Waals surface area contributed by atoms with Crippen molar-refractivity contribution >= 4 is 33.5 Å². The molecule has 7 nitrogen and oxygen atoms in total. The molecule has 0 radical (unpaired) electrons. The molecule has 1 aromatic carbocycles. The van der Waals surface area contributed by atoms with Gasteiger partial charge in [0.05, 0.1) is 10.8 Å². The third-order valence-electron chi connectivity index (χ3n) is 6.25. The molecule has 1 aliphatic heterocycles. The largest absolute Gasteiger partial charge is 0.455 e. The maximum Gasteiger partial charge on any atom is 0.309 e. The van der Waals surface area contributed by atoms with Crippen molar-refractivity contribution in [2.45, 2.75) is 62.8 Å². The van der Waals surface area contributed by atoms with Crippen LogP contribution in [0.5, 0.6) is 0 Å². The number of halogens is 1. The number of piperidine rings is 1. The maximum atomic E-state index is 12.8. The standard InChI is InChI=1S/C22H31ClN2O5S/c1-2-25(19-6-4-3-5-7-19)21(26)16-30-22(27)17-12-14-24(15-13-17)31(28,29)20-10-8-18(23)9-11-20/h8-11,17,19H,2-7,12-16H2,1H3.